The SMILES string of the molecule is Cc1ccc(COc2ccc(/C=N\Nc3ccc(F)cc3)cc2)cc1. The highest BCUT2D eigenvalue weighted by Crippen LogP contribution is 2.14. The Bertz CT molecular complexity index is 825. The maximum Gasteiger partial charge on any atom is 0.123 e. The summed E-state index contributed by atoms with van der Waals surface area (Å²) < 4.78 is 18.6. The first-order valence-corrected chi connectivity index (χ1v) is 8.02. The van der Waals surface area contributed by atoms with Crippen LogP contribution in [0, 0.1) is 12.7 Å². The van der Waals surface area contributed by atoms with Gasteiger partial charge in [-0.2, -0.15) is 5.10 Å². The molecule has 0 atom stereocenters. The first kappa shape index (κ1) is 16.7. The third kappa shape index (κ3) is 5.18. The standard InChI is InChI=1S/C21H19FN2O/c1-16-2-4-18(5-3-16)15-25-21-12-6-17(7-13-21)14-23-24-20-10-8-19(22)9-11-20/h2-14,24H,15H2,1H3/b23-14-. The molecule has 25 heavy (non-hydrogen) atoms. The van der Waals surface area contributed by atoms with Crippen molar-refractivity contribution in [3.05, 3.63) is 95.3 Å². The second-order valence-electron chi connectivity index (χ2n) is 5.72. The van der Waals surface area contributed by atoms with Crippen molar-refractivity contribution in [2.45, 2.75) is 13.5 Å². The molecule has 0 aliphatic heterocycles. The Morgan fingerprint density at radius 3 is 2.28 bits per heavy atom. The van der Waals surface area contributed by atoms with Crippen molar-refractivity contribution in [2.75, 3.05) is 5.43 Å². The van der Waals surface area contributed by atoms with Gasteiger partial charge in [0.2, 0.25) is 0 Å². The molecule has 4 heteroatoms. The molecule has 3 aromatic carbocycles. The summed E-state index contributed by atoms with van der Waals surface area (Å²) in [6, 6.07) is 22.0. The minimum Gasteiger partial charge on any atom is -0.489 e. The summed E-state index contributed by atoms with van der Waals surface area (Å²) in [6.07, 6.45) is 1.70. The maximum absolute atomic E-state index is 12.8. The number of nitrogens with zero attached hydrogens (tertiary/aromatic N) is 1. The minimum atomic E-state index is -0.268. The number of hydrogen-bond donors (Lipinski definition) is 1. The lowest BCUT2D eigenvalue weighted by atomic mass is 10.2. The van der Waals surface area contributed by atoms with Crippen LogP contribution in [-0.2, 0) is 6.61 Å². The van der Waals surface area contributed by atoms with E-state index in [-0.39, 0.29) is 5.82 Å². The topological polar surface area (TPSA) is 33.6 Å². The molecule has 0 bridgehead atoms. The minimum absolute atomic E-state index is 0.268. The predicted octanol–water partition coefficient (Wildman–Crippen LogP) is 5.16. The normalized spacial score (nSPS) is 10.8. The number of rotatable bonds is 6. The van der Waals surface area contributed by atoms with E-state index in [0.717, 1.165) is 22.6 Å². The van der Waals surface area contributed by atoms with Crippen molar-refractivity contribution in [3.8, 4) is 5.75 Å². The van der Waals surface area contributed by atoms with Crippen LogP contribution in [0.15, 0.2) is 77.9 Å². The van der Waals surface area contributed by atoms with E-state index in [1.54, 1.807) is 18.3 Å². The molecule has 0 saturated carbocycles. The summed E-state index contributed by atoms with van der Waals surface area (Å²) in [7, 11) is 0. The molecule has 0 radical (unpaired) electrons. The van der Waals surface area contributed by atoms with Gasteiger partial charge in [0.05, 0.1) is 11.9 Å². The van der Waals surface area contributed by atoms with Crippen LogP contribution < -0.4 is 10.2 Å². The Balaban J connectivity index is 1.52. The molecule has 0 heterocycles. The fourth-order valence-corrected chi connectivity index (χ4v) is 2.21. The second kappa shape index (κ2) is 8.11. The number of aryl methyl sites for hydroxylation is 1. The zero-order chi connectivity index (χ0) is 17.5. The largest absolute Gasteiger partial charge is 0.489 e. The van der Waals surface area contributed by atoms with Crippen LogP contribution in [0.1, 0.15) is 16.7 Å². The van der Waals surface area contributed by atoms with Crippen LogP contribution in [0.25, 0.3) is 0 Å². The summed E-state index contributed by atoms with van der Waals surface area (Å²) in [5.74, 6) is 0.542. The lowest BCUT2D eigenvalue weighted by Gasteiger charge is -2.07. The molecule has 0 spiro atoms. The van der Waals surface area contributed by atoms with Gasteiger partial charge in [-0.05, 0) is 66.6 Å². The van der Waals surface area contributed by atoms with E-state index < -0.39 is 0 Å². The number of hydrazone groups is 1. The number of nitrogens with one attached hydrogen (secondary N) is 1. The van der Waals surface area contributed by atoms with Crippen LogP contribution in [0.4, 0.5) is 10.1 Å². The Labute approximate surface area is 146 Å². The Kier molecular flexibility index (Phi) is 5.42. The van der Waals surface area contributed by atoms with Crippen molar-refractivity contribution in [2.24, 2.45) is 5.10 Å². The number of benzene rings is 3. The lowest BCUT2D eigenvalue weighted by molar-refractivity contribution is 0.306. The molecule has 0 fully saturated rings. The van der Waals surface area contributed by atoms with Crippen molar-refractivity contribution < 1.29 is 9.13 Å². The molecule has 0 amide bonds. The molecular weight excluding hydrogens is 315 g/mol. The number of anilines is 1. The summed E-state index contributed by atoms with van der Waals surface area (Å²) in [6.45, 7) is 2.61. The molecule has 3 nitrogen and oxygen atoms in total. The van der Waals surface area contributed by atoms with E-state index in [9.17, 15) is 4.39 Å². The first-order chi connectivity index (χ1) is 12.2. The summed E-state index contributed by atoms with van der Waals surface area (Å²) in [4.78, 5) is 0. The third-order valence-electron chi connectivity index (χ3n) is 3.66. The van der Waals surface area contributed by atoms with Gasteiger partial charge in [0.1, 0.15) is 18.2 Å². The molecular formula is C21H19FN2O. The summed E-state index contributed by atoms with van der Waals surface area (Å²) in [5.41, 5.74) is 6.91. The van der Waals surface area contributed by atoms with Gasteiger partial charge in [0.15, 0.2) is 0 Å². The number of ether oxygens (including phenoxy) is 1. The Morgan fingerprint density at radius 2 is 1.60 bits per heavy atom. The van der Waals surface area contributed by atoms with Gasteiger partial charge >= 0.3 is 0 Å². The van der Waals surface area contributed by atoms with Gasteiger partial charge in [-0.3, -0.25) is 5.43 Å². The molecule has 3 aromatic rings. The molecule has 1 N–H and O–H groups in total. The highest BCUT2D eigenvalue weighted by molar-refractivity contribution is 5.80. The van der Waals surface area contributed by atoms with E-state index >= 15 is 0 Å². The highest BCUT2D eigenvalue weighted by Gasteiger charge is 1.97. The Morgan fingerprint density at radius 1 is 0.920 bits per heavy atom. The smallest absolute Gasteiger partial charge is 0.123 e. The fraction of sp³-hybridized carbons (Fsp3) is 0.0952. The van der Waals surface area contributed by atoms with Gasteiger partial charge in [-0.25, -0.2) is 4.39 Å². The Hall–Kier alpha value is -3.14. The van der Waals surface area contributed by atoms with Crippen molar-refractivity contribution in [1.82, 2.24) is 0 Å². The van der Waals surface area contributed by atoms with E-state index in [1.807, 2.05) is 24.3 Å². The van der Waals surface area contributed by atoms with Crippen LogP contribution in [0.2, 0.25) is 0 Å². The molecule has 3 rings (SSSR count). The zero-order valence-corrected chi connectivity index (χ0v) is 13.9. The zero-order valence-electron chi connectivity index (χ0n) is 13.9. The summed E-state index contributed by atoms with van der Waals surface area (Å²) >= 11 is 0. The lowest BCUT2D eigenvalue weighted by Crippen LogP contribution is -1.95. The summed E-state index contributed by atoms with van der Waals surface area (Å²) in [5, 5.41) is 4.13. The van der Waals surface area contributed by atoms with E-state index in [1.165, 1.54) is 17.7 Å². The van der Waals surface area contributed by atoms with Crippen molar-refractivity contribution in [1.29, 1.82) is 0 Å². The second-order valence-corrected chi connectivity index (χ2v) is 5.72. The van der Waals surface area contributed by atoms with Crippen LogP contribution >= 0.6 is 0 Å². The predicted molar refractivity (Wildman–Crippen MR) is 99.6 cm³/mol. The van der Waals surface area contributed by atoms with Gasteiger partial charge in [-0.1, -0.05) is 29.8 Å². The van der Waals surface area contributed by atoms with Crippen LogP contribution in [-0.4, -0.2) is 6.21 Å². The van der Waals surface area contributed by atoms with Crippen LogP contribution in [0.5, 0.6) is 5.75 Å². The third-order valence-corrected chi connectivity index (χ3v) is 3.66. The van der Waals surface area contributed by atoms with E-state index in [4.69, 9.17) is 4.74 Å². The van der Waals surface area contributed by atoms with Crippen molar-refractivity contribution in [3.63, 3.8) is 0 Å². The molecule has 0 saturated heterocycles. The monoisotopic (exact) mass is 334 g/mol. The highest BCUT2D eigenvalue weighted by atomic mass is 19.1. The average molecular weight is 334 g/mol. The number of halogens is 1. The molecule has 0 unspecified atom stereocenters. The van der Waals surface area contributed by atoms with Gasteiger partial charge < -0.3 is 4.74 Å². The van der Waals surface area contributed by atoms with Gasteiger partial charge in [-0.15, -0.1) is 0 Å². The van der Waals surface area contributed by atoms with Crippen LogP contribution in [0.3, 0.4) is 0 Å². The maximum atomic E-state index is 12.8. The average Bonchev–Trinajstić information content (AvgIpc) is 2.64. The molecule has 0 aromatic heterocycles. The quantitative estimate of drug-likeness (QED) is 0.499. The van der Waals surface area contributed by atoms with E-state index in [0.29, 0.717) is 6.61 Å². The van der Waals surface area contributed by atoms with Crippen molar-refractivity contribution >= 4 is 11.9 Å². The molecule has 126 valence electrons. The van der Waals surface area contributed by atoms with Gasteiger partial charge in [0.25, 0.3) is 0 Å². The first-order valence-electron chi connectivity index (χ1n) is 8.02. The van der Waals surface area contributed by atoms with E-state index in [2.05, 4.69) is 41.7 Å². The van der Waals surface area contributed by atoms with Gasteiger partial charge in [0, 0.05) is 0 Å². The molecule has 0 aliphatic carbocycles. The molecule has 0 aliphatic rings. The number of hydrogen-bond acceptors (Lipinski definition) is 3. The fourth-order valence-electron chi connectivity index (χ4n) is 2.21.